The van der Waals surface area contributed by atoms with E-state index in [4.69, 9.17) is 14.6 Å². The van der Waals surface area contributed by atoms with Gasteiger partial charge in [0.1, 0.15) is 6.17 Å². The van der Waals surface area contributed by atoms with E-state index in [0.717, 1.165) is 0 Å². The van der Waals surface area contributed by atoms with E-state index in [1.165, 1.54) is 6.92 Å². The molecule has 8 nitrogen and oxygen atoms in total. The molecule has 0 bridgehead atoms. The number of aliphatic carboxylic acids is 2. The zero-order valence-electron chi connectivity index (χ0n) is 13.7. The summed E-state index contributed by atoms with van der Waals surface area (Å²) in [5.74, 6) is -5.13. The maximum absolute atomic E-state index is 14.3. The van der Waals surface area contributed by atoms with Gasteiger partial charge in [0.15, 0.2) is 5.54 Å². The smallest absolute Gasteiger partial charge is 0.410 e. The van der Waals surface area contributed by atoms with E-state index in [2.05, 4.69) is 5.32 Å². The average molecular weight is 347 g/mol. The Bertz CT molecular complexity index is 540. The molecule has 6 atom stereocenters. The van der Waals surface area contributed by atoms with Gasteiger partial charge in [-0.3, -0.25) is 4.79 Å². The van der Waals surface area contributed by atoms with Crippen molar-refractivity contribution in [3.63, 3.8) is 0 Å². The summed E-state index contributed by atoms with van der Waals surface area (Å²) in [7, 11) is 0. The van der Waals surface area contributed by atoms with Gasteiger partial charge in [-0.25, -0.2) is 14.0 Å². The zero-order chi connectivity index (χ0) is 18.2. The molecule has 9 heteroatoms. The van der Waals surface area contributed by atoms with E-state index in [9.17, 15) is 23.9 Å². The lowest BCUT2D eigenvalue weighted by Crippen LogP contribution is -2.61. The second-order valence-corrected chi connectivity index (χ2v) is 6.76. The number of fused-ring (bicyclic) bond motifs is 1. The number of nitrogens with one attached hydrogen (secondary N) is 1. The molecule has 0 aromatic carbocycles. The Kier molecular flexibility index (Phi) is 5.03. The van der Waals surface area contributed by atoms with Crippen molar-refractivity contribution in [3.05, 3.63) is 0 Å². The highest BCUT2D eigenvalue weighted by Crippen LogP contribution is 2.63. The van der Waals surface area contributed by atoms with Gasteiger partial charge in [-0.05, 0) is 25.2 Å². The van der Waals surface area contributed by atoms with Crippen molar-refractivity contribution in [2.45, 2.75) is 45.2 Å². The van der Waals surface area contributed by atoms with Crippen LogP contribution in [0.15, 0.2) is 0 Å². The Hall–Kier alpha value is -1.90. The molecule has 2 aliphatic rings. The lowest BCUT2D eigenvalue weighted by molar-refractivity contribution is -0.150. The van der Waals surface area contributed by atoms with E-state index in [-0.39, 0.29) is 12.3 Å². The van der Waals surface area contributed by atoms with Crippen LogP contribution < -0.4 is 5.32 Å². The first-order chi connectivity index (χ1) is 11.1. The van der Waals surface area contributed by atoms with E-state index in [0.29, 0.717) is 6.61 Å². The summed E-state index contributed by atoms with van der Waals surface area (Å²) in [5.41, 5.74) is -2.28. The summed E-state index contributed by atoms with van der Waals surface area (Å²) in [4.78, 5) is 34.7. The SMILES string of the molecule is CC(C)COC(C)OC(=O)N[C@]1(C(=O)O)[C@H]2[C@@H](C[C@@H]1F)[C@@H]2C(=O)O. The molecule has 0 spiro atoms. The van der Waals surface area contributed by atoms with Crippen molar-refractivity contribution >= 4 is 18.0 Å². The van der Waals surface area contributed by atoms with Crippen LogP contribution >= 0.6 is 0 Å². The molecule has 136 valence electrons. The standard InChI is InChI=1S/C15H22FNO7/c1-6(2)5-23-7(3)24-14(22)17-15(13(20)21)9(16)4-8-10(11(8)15)12(18)19/h6-11H,4-5H2,1-3H3,(H,17,22)(H,18,19)(H,20,21)/t7?,8-,9-,10-,11-,15-/m0/s1. The molecule has 0 aromatic heterocycles. The van der Waals surface area contributed by atoms with Crippen LogP contribution in [0.3, 0.4) is 0 Å². The maximum atomic E-state index is 14.3. The van der Waals surface area contributed by atoms with Gasteiger partial charge in [-0.1, -0.05) is 13.8 Å². The molecule has 2 saturated carbocycles. The fraction of sp³-hybridized carbons (Fsp3) is 0.800. The molecule has 24 heavy (non-hydrogen) atoms. The number of hydrogen-bond donors (Lipinski definition) is 3. The Morgan fingerprint density at radius 3 is 2.42 bits per heavy atom. The Labute approximate surface area is 138 Å². The molecule has 2 aliphatic carbocycles. The molecule has 1 unspecified atom stereocenters. The van der Waals surface area contributed by atoms with E-state index in [1.807, 2.05) is 13.8 Å². The fourth-order valence-corrected chi connectivity index (χ4v) is 3.46. The number of alkyl halides is 1. The second-order valence-electron chi connectivity index (χ2n) is 6.76. The number of alkyl carbamates (subject to hydrolysis) is 1. The van der Waals surface area contributed by atoms with Crippen LogP contribution in [0.4, 0.5) is 9.18 Å². The molecule has 0 saturated heterocycles. The Balaban J connectivity index is 2.05. The number of carbonyl (C=O) groups excluding carboxylic acids is 1. The average Bonchev–Trinajstić information content (AvgIpc) is 3.09. The van der Waals surface area contributed by atoms with Crippen LogP contribution in [0, 0.1) is 23.7 Å². The van der Waals surface area contributed by atoms with Crippen LogP contribution in [0.2, 0.25) is 0 Å². The predicted octanol–water partition coefficient (Wildman–Crippen LogP) is 1.24. The van der Waals surface area contributed by atoms with Gasteiger partial charge >= 0.3 is 18.0 Å². The number of hydrogen-bond acceptors (Lipinski definition) is 5. The highest BCUT2D eigenvalue weighted by Gasteiger charge is 2.76. The predicted molar refractivity (Wildman–Crippen MR) is 77.9 cm³/mol. The molecule has 1 amide bonds. The number of carboxylic acids is 2. The summed E-state index contributed by atoms with van der Waals surface area (Å²) < 4.78 is 24.4. The number of carboxylic acid groups (broad SMARTS) is 2. The van der Waals surface area contributed by atoms with Gasteiger partial charge in [0.25, 0.3) is 0 Å². The van der Waals surface area contributed by atoms with Gasteiger partial charge in [0, 0.05) is 5.92 Å². The fourth-order valence-electron chi connectivity index (χ4n) is 3.46. The number of carbonyl (C=O) groups is 3. The minimum atomic E-state index is -2.28. The lowest BCUT2D eigenvalue weighted by Gasteiger charge is -2.31. The first-order valence-electron chi connectivity index (χ1n) is 7.81. The van der Waals surface area contributed by atoms with Gasteiger partial charge < -0.3 is 25.0 Å². The first kappa shape index (κ1) is 18.4. The summed E-state index contributed by atoms with van der Waals surface area (Å²) in [6.07, 6.45) is -4.18. The third-order valence-corrected chi connectivity index (χ3v) is 4.55. The van der Waals surface area contributed by atoms with Gasteiger partial charge in [0.05, 0.1) is 12.5 Å². The normalized spacial score (nSPS) is 35.2. The molecule has 2 fully saturated rings. The largest absolute Gasteiger partial charge is 0.481 e. The lowest BCUT2D eigenvalue weighted by atomic mass is 9.89. The third kappa shape index (κ3) is 3.17. The van der Waals surface area contributed by atoms with Gasteiger partial charge in [-0.15, -0.1) is 0 Å². The molecule has 0 heterocycles. The van der Waals surface area contributed by atoms with Crippen molar-refractivity contribution in [3.8, 4) is 0 Å². The summed E-state index contributed by atoms with van der Waals surface area (Å²) in [6.45, 7) is 5.59. The third-order valence-electron chi connectivity index (χ3n) is 4.55. The Morgan fingerprint density at radius 2 is 1.92 bits per heavy atom. The summed E-state index contributed by atoms with van der Waals surface area (Å²) >= 11 is 0. The Morgan fingerprint density at radius 1 is 1.29 bits per heavy atom. The molecule has 3 N–H and O–H groups in total. The van der Waals surface area contributed by atoms with Crippen molar-refractivity contribution < 1.29 is 38.5 Å². The molecular weight excluding hydrogens is 325 g/mol. The first-order valence-corrected chi connectivity index (χ1v) is 7.81. The molecule has 0 aromatic rings. The minimum absolute atomic E-state index is 0.207. The van der Waals surface area contributed by atoms with Crippen LogP contribution in [0.25, 0.3) is 0 Å². The highest BCUT2D eigenvalue weighted by molar-refractivity contribution is 5.89. The van der Waals surface area contributed by atoms with Crippen LogP contribution in [0.1, 0.15) is 27.2 Å². The van der Waals surface area contributed by atoms with Gasteiger partial charge in [-0.2, -0.15) is 0 Å². The monoisotopic (exact) mass is 347 g/mol. The highest BCUT2D eigenvalue weighted by atomic mass is 19.1. The van der Waals surface area contributed by atoms with Crippen LogP contribution in [-0.2, 0) is 19.1 Å². The van der Waals surface area contributed by atoms with Crippen LogP contribution in [0.5, 0.6) is 0 Å². The molecular formula is C15H22FNO7. The number of ether oxygens (including phenoxy) is 2. The number of amides is 1. The molecule has 0 radical (unpaired) electrons. The topological polar surface area (TPSA) is 122 Å². The number of rotatable bonds is 7. The quantitative estimate of drug-likeness (QED) is 0.592. The van der Waals surface area contributed by atoms with Crippen molar-refractivity contribution in [1.29, 1.82) is 0 Å². The van der Waals surface area contributed by atoms with E-state index >= 15 is 0 Å². The van der Waals surface area contributed by atoms with Crippen molar-refractivity contribution in [1.82, 2.24) is 5.32 Å². The summed E-state index contributed by atoms with van der Waals surface area (Å²) in [5, 5.41) is 20.6. The van der Waals surface area contributed by atoms with Crippen LogP contribution in [-0.4, -0.2) is 52.9 Å². The van der Waals surface area contributed by atoms with E-state index < -0.39 is 53.8 Å². The zero-order valence-corrected chi connectivity index (χ0v) is 13.7. The maximum Gasteiger partial charge on any atom is 0.410 e. The minimum Gasteiger partial charge on any atom is -0.481 e. The van der Waals surface area contributed by atoms with E-state index in [1.54, 1.807) is 0 Å². The van der Waals surface area contributed by atoms with Crippen molar-refractivity contribution in [2.75, 3.05) is 6.61 Å². The summed E-state index contributed by atoms with van der Waals surface area (Å²) in [6, 6.07) is 0. The molecule has 2 rings (SSSR count). The number of halogens is 1. The van der Waals surface area contributed by atoms with Crippen molar-refractivity contribution in [2.24, 2.45) is 23.7 Å². The molecule has 0 aliphatic heterocycles. The second kappa shape index (κ2) is 6.54. The van der Waals surface area contributed by atoms with Gasteiger partial charge in [0.2, 0.25) is 6.29 Å².